The molecule has 0 spiro atoms. The molecule has 0 heterocycles. The van der Waals surface area contributed by atoms with Crippen LogP contribution in [0.4, 0.5) is 0 Å². The van der Waals surface area contributed by atoms with Gasteiger partial charge in [-0.3, -0.25) is 14.4 Å². The first kappa shape index (κ1) is 31.1. The molecule has 0 aliphatic carbocycles. The average molecular weight is 553 g/mol. The summed E-state index contributed by atoms with van der Waals surface area (Å²) in [5.41, 5.74) is 2.41. The van der Waals surface area contributed by atoms with E-state index in [4.69, 9.17) is 13.8 Å². The van der Waals surface area contributed by atoms with Gasteiger partial charge in [-0.2, -0.15) is 0 Å². The predicted molar refractivity (Wildman–Crippen MR) is 160 cm³/mol. The first-order chi connectivity index (χ1) is 18.6. The highest BCUT2D eigenvalue weighted by Gasteiger charge is 2.36. The molecule has 3 rings (SSSR count). The summed E-state index contributed by atoms with van der Waals surface area (Å²) in [5, 5.41) is 6.98. The van der Waals surface area contributed by atoms with Gasteiger partial charge in [0.05, 0.1) is 24.4 Å². The zero-order chi connectivity index (χ0) is 28.4. The zero-order valence-electron chi connectivity index (χ0n) is 24.3. The third-order valence-corrected chi connectivity index (χ3v) is 8.33. The van der Waals surface area contributed by atoms with Gasteiger partial charge in [0, 0.05) is 6.54 Å². The van der Waals surface area contributed by atoms with Crippen molar-refractivity contribution in [2.24, 2.45) is 0 Å². The zero-order valence-corrected chi connectivity index (χ0v) is 25.2. The Hall–Kier alpha value is -2.47. The topological polar surface area (TPSA) is 68.8 Å². The van der Waals surface area contributed by atoms with Crippen molar-refractivity contribution >= 4 is 7.75 Å². The summed E-state index contributed by atoms with van der Waals surface area (Å²) in [6.45, 7) is 10.7. The van der Waals surface area contributed by atoms with E-state index in [0.717, 1.165) is 37.1 Å². The number of hydrogen-bond acceptors (Lipinski definition) is 5. The first-order valence-corrected chi connectivity index (χ1v) is 15.4. The van der Waals surface area contributed by atoms with Crippen molar-refractivity contribution in [1.82, 2.24) is 10.4 Å². The second kappa shape index (κ2) is 14.2. The van der Waals surface area contributed by atoms with Crippen LogP contribution >= 0.6 is 7.75 Å². The molecule has 0 saturated carbocycles. The normalized spacial score (nSPS) is 13.8. The number of unbranched alkanes of at least 4 members (excludes halogenated alkanes) is 2. The highest BCUT2D eigenvalue weighted by molar-refractivity contribution is 7.51. The van der Waals surface area contributed by atoms with Crippen LogP contribution in [0.3, 0.4) is 0 Å². The van der Waals surface area contributed by atoms with Gasteiger partial charge in [-0.1, -0.05) is 79.2 Å². The van der Waals surface area contributed by atoms with Crippen LogP contribution in [-0.2, 0) is 19.2 Å². The molecule has 0 aromatic heterocycles. The summed E-state index contributed by atoms with van der Waals surface area (Å²) in [6.07, 6.45) is 2.57. The Labute approximate surface area is 235 Å². The van der Waals surface area contributed by atoms with Crippen LogP contribution in [0.1, 0.15) is 70.6 Å². The van der Waals surface area contributed by atoms with Crippen molar-refractivity contribution in [1.29, 1.82) is 0 Å². The highest BCUT2D eigenvalue weighted by atomic mass is 31.2. The van der Waals surface area contributed by atoms with Gasteiger partial charge < -0.3 is 4.74 Å². The second-order valence-electron chi connectivity index (χ2n) is 11.0. The molecule has 1 unspecified atom stereocenters. The third kappa shape index (κ3) is 9.02. The molecule has 6 nitrogen and oxygen atoms in total. The SMILES string of the molecule is COc1ccc(C(NCCCCCNP(=O)(OC(C)C)OC(C)(C)C)(c2ccccc2)c2ccccc2)cc1. The van der Waals surface area contributed by atoms with E-state index in [2.05, 4.69) is 71.1 Å². The van der Waals surface area contributed by atoms with Crippen LogP contribution in [0, 0.1) is 0 Å². The van der Waals surface area contributed by atoms with E-state index in [9.17, 15) is 4.57 Å². The van der Waals surface area contributed by atoms with Crippen molar-refractivity contribution in [3.63, 3.8) is 0 Å². The lowest BCUT2D eigenvalue weighted by molar-refractivity contribution is 0.0770. The third-order valence-electron chi connectivity index (χ3n) is 6.23. The molecule has 2 N–H and O–H groups in total. The highest BCUT2D eigenvalue weighted by Crippen LogP contribution is 2.48. The number of benzene rings is 3. The number of hydrogen-bond donors (Lipinski definition) is 2. The summed E-state index contributed by atoms with van der Waals surface area (Å²) >= 11 is 0. The molecule has 0 saturated heterocycles. The molecule has 1 atom stereocenters. The van der Waals surface area contributed by atoms with Gasteiger partial charge in [0.25, 0.3) is 0 Å². The minimum absolute atomic E-state index is 0.197. The van der Waals surface area contributed by atoms with Gasteiger partial charge in [-0.15, -0.1) is 0 Å². The van der Waals surface area contributed by atoms with Gasteiger partial charge in [0.1, 0.15) is 5.75 Å². The molecular formula is C32H45N2O4P. The second-order valence-corrected chi connectivity index (χ2v) is 12.7. The summed E-state index contributed by atoms with van der Waals surface area (Å²) < 4.78 is 30.1. The maximum absolute atomic E-state index is 13.2. The van der Waals surface area contributed by atoms with Gasteiger partial charge in [0.15, 0.2) is 0 Å². The van der Waals surface area contributed by atoms with Crippen LogP contribution < -0.4 is 15.1 Å². The fraction of sp³-hybridized carbons (Fsp3) is 0.438. The molecule has 0 fully saturated rings. The average Bonchev–Trinajstić information content (AvgIpc) is 2.90. The minimum Gasteiger partial charge on any atom is -0.497 e. The quantitative estimate of drug-likeness (QED) is 0.114. The van der Waals surface area contributed by atoms with E-state index >= 15 is 0 Å². The Morgan fingerprint density at radius 3 is 1.74 bits per heavy atom. The molecule has 0 amide bonds. The molecule has 3 aromatic rings. The van der Waals surface area contributed by atoms with Crippen LogP contribution in [0.25, 0.3) is 0 Å². The summed E-state index contributed by atoms with van der Waals surface area (Å²) in [6, 6.07) is 29.4. The molecule has 0 bridgehead atoms. The largest absolute Gasteiger partial charge is 0.497 e. The van der Waals surface area contributed by atoms with Crippen LogP contribution in [0.2, 0.25) is 0 Å². The number of nitrogens with one attached hydrogen (secondary N) is 2. The van der Waals surface area contributed by atoms with Gasteiger partial charge in [0.2, 0.25) is 0 Å². The Kier molecular flexibility index (Phi) is 11.3. The van der Waals surface area contributed by atoms with Crippen molar-refractivity contribution in [3.05, 3.63) is 102 Å². The van der Waals surface area contributed by atoms with E-state index < -0.39 is 18.9 Å². The molecule has 7 heteroatoms. The smallest absolute Gasteiger partial charge is 0.406 e. The Morgan fingerprint density at radius 1 is 0.744 bits per heavy atom. The molecule has 3 aromatic carbocycles. The lowest BCUT2D eigenvalue weighted by Crippen LogP contribution is -2.45. The van der Waals surface area contributed by atoms with E-state index in [1.807, 2.05) is 58.9 Å². The molecule has 39 heavy (non-hydrogen) atoms. The van der Waals surface area contributed by atoms with E-state index in [1.165, 1.54) is 11.1 Å². The van der Waals surface area contributed by atoms with Crippen LogP contribution in [-0.4, -0.2) is 31.9 Å². The fourth-order valence-electron chi connectivity index (χ4n) is 4.67. The molecular weight excluding hydrogens is 507 g/mol. The molecule has 0 aliphatic rings. The Bertz CT molecular complexity index is 1120. The number of rotatable bonds is 15. The minimum atomic E-state index is -3.38. The van der Waals surface area contributed by atoms with Gasteiger partial charge in [-0.25, -0.2) is 9.65 Å². The molecule has 0 radical (unpaired) electrons. The maximum atomic E-state index is 13.2. The summed E-state index contributed by atoms with van der Waals surface area (Å²) in [4.78, 5) is 0. The Balaban J connectivity index is 1.72. The van der Waals surface area contributed by atoms with Crippen molar-refractivity contribution < 1.29 is 18.3 Å². The van der Waals surface area contributed by atoms with Crippen molar-refractivity contribution in [3.8, 4) is 5.75 Å². The fourth-order valence-corrected chi connectivity index (χ4v) is 6.56. The molecule has 212 valence electrons. The lowest BCUT2D eigenvalue weighted by atomic mass is 9.77. The molecule has 0 aliphatic heterocycles. The van der Waals surface area contributed by atoms with Crippen LogP contribution in [0.15, 0.2) is 84.9 Å². The number of ether oxygens (including phenoxy) is 1. The van der Waals surface area contributed by atoms with E-state index in [0.29, 0.717) is 6.54 Å². The predicted octanol–water partition coefficient (Wildman–Crippen LogP) is 7.68. The van der Waals surface area contributed by atoms with Crippen molar-refractivity contribution in [2.45, 2.75) is 71.1 Å². The number of methoxy groups -OCH3 is 1. The standard InChI is InChI=1S/C32H45N2O4P/c1-26(2)37-39(35,38-31(3,4)5)34-25-15-9-14-24-33-32(27-16-10-7-11-17-27,28-18-12-8-13-19-28)29-20-22-30(36-6)23-21-29/h7-8,10-13,16-23,26,33H,9,14-15,24-25H2,1-6H3,(H,34,35). The lowest BCUT2D eigenvalue weighted by Gasteiger charge is -2.37. The van der Waals surface area contributed by atoms with Gasteiger partial charge in [-0.05, 0) is 82.8 Å². The van der Waals surface area contributed by atoms with E-state index in [1.54, 1.807) is 7.11 Å². The Morgan fingerprint density at radius 2 is 1.26 bits per heavy atom. The maximum Gasteiger partial charge on any atom is 0.406 e. The monoisotopic (exact) mass is 552 g/mol. The van der Waals surface area contributed by atoms with Crippen molar-refractivity contribution in [2.75, 3.05) is 20.2 Å². The summed E-state index contributed by atoms with van der Waals surface area (Å²) in [7, 11) is -1.69. The van der Waals surface area contributed by atoms with E-state index in [-0.39, 0.29) is 6.10 Å². The first-order valence-electron chi connectivity index (χ1n) is 13.8. The summed E-state index contributed by atoms with van der Waals surface area (Å²) in [5.74, 6) is 0.829. The van der Waals surface area contributed by atoms with Crippen LogP contribution in [0.5, 0.6) is 5.75 Å². The van der Waals surface area contributed by atoms with Gasteiger partial charge >= 0.3 is 7.75 Å².